The molecule has 186 valence electrons. The van der Waals surface area contributed by atoms with Gasteiger partial charge < -0.3 is 19.1 Å². The number of hydrogen-bond donors (Lipinski definition) is 1. The van der Waals surface area contributed by atoms with Crippen LogP contribution in [0.4, 0.5) is 8.78 Å². The van der Waals surface area contributed by atoms with Crippen molar-refractivity contribution in [1.29, 1.82) is 0 Å². The van der Waals surface area contributed by atoms with Crippen molar-refractivity contribution in [2.45, 2.75) is 25.9 Å². The number of thiophene rings is 1. The van der Waals surface area contributed by atoms with Crippen molar-refractivity contribution in [2.75, 3.05) is 38.9 Å². The van der Waals surface area contributed by atoms with Crippen molar-refractivity contribution in [3.63, 3.8) is 0 Å². The molecule has 2 aromatic rings. The lowest BCUT2D eigenvalue weighted by molar-refractivity contribution is 0.0387. The Kier molecular flexibility index (Phi) is 9.45. The number of amides is 1. The normalized spacial score (nSPS) is 12.8. The van der Waals surface area contributed by atoms with E-state index in [1.54, 1.807) is 0 Å². The van der Waals surface area contributed by atoms with Gasteiger partial charge in [0.1, 0.15) is 20.5 Å². The number of halogens is 3. The molecule has 0 bridgehead atoms. The molecule has 8 nitrogen and oxygen atoms in total. The Morgan fingerprint density at radius 1 is 1.24 bits per heavy atom. The predicted molar refractivity (Wildman–Crippen MR) is 127 cm³/mol. The standard InChI is InChI=1S/C19H25BrF2NO7PS2/c1-5-29-31(25,30-6-2)19(21,22)17-15(20)13-10-12(18(24)23-3)11-14(16(13)32-17)28-8-7-9-33(4,26)27/h10-11H,5-9H2,1-4H3,(H,23,24). The zero-order valence-electron chi connectivity index (χ0n) is 18.4. The number of hydrogen-bond acceptors (Lipinski definition) is 8. The summed E-state index contributed by atoms with van der Waals surface area (Å²) in [6.07, 6.45) is 1.27. The lowest BCUT2D eigenvalue weighted by Gasteiger charge is -2.25. The van der Waals surface area contributed by atoms with Crippen molar-refractivity contribution in [3.05, 3.63) is 27.0 Å². The number of nitrogens with one attached hydrogen (secondary N) is 1. The van der Waals surface area contributed by atoms with Gasteiger partial charge in [-0.15, -0.1) is 11.3 Å². The van der Waals surface area contributed by atoms with E-state index in [0.29, 0.717) is 11.3 Å². The molecule has 33 heavy (non-hydrogen) atoms. The van der Waals surface area contributed by atoms with Crippen LogP contribution in [0.2, 0.25) is 0 Å². The Morgan fingerprint density at radius 2 is 1.85 bits per heavy atom. The zero-order valence-corrected chi connectivity index (χ0v) is 22.6. The Hall–Kier alpha value is -1.11. The quantitative estimate of drug-likeness (QED) is 0.268. The number of rotatable bonds is 12. The zero-order chi connectivity index (χ0) is 25.0. The van der Waals surface area contributed by atoms with Crippen molar-refractivity contribution < 1.29 is 40.3 Å². The van der Waals surface area contributed by atoms with Gasteiger partial charge in [0.25, 0.3) is 5.91 Å². The molecule has 1 aromatic carbocycles. The molecule has 0 unspecified atom stereocenters. The first kappa shape index (κ1) is 28.1. The molecule has 0 spiro atoms. The third kappa shape index (κ3) is 6.32. The van der Waals surface area contributed by atoms with Crippen LogP contribution in [0.5, 0.6) is 5.75 Å². The summed E-state index contributed by atoms with van der Waals surface area (Å²) in [5.41, 5.74) is -3.84. The summed E-state index contributed by atoms with van der Waals surface area (Å²) < 4.78 is 82.2. The van der Waals surface area contributed by atoms with Gasteiger partial charge in [0.05, 0.1) is 30.3 Å². The summed E-state index contributed by atoms with van der Waals surface area (Å²) in [5.74, 6) is -0.470. The number of alkyl halides is 2. The van der Waals surface area contributed by atoms with Crippen LogP contribution in [0.15, 0.2) is 16.6 Å². The SMILES string of the molecule is CCOP(=O)(OCC)C(F)(F)c1sc2c(OCCCS(C)(=O)=O)cc(C(=O)NC)cc2c1Br. The van der Waals surface area contributed by atoms with Gasteiger partial charge in [-0.1, -0.05) is 0 Å². The molecule has 1 N–H and O–H groups in total. The topological polar surface area (TPSA) is 108 Å². The fraction of sp³-hybridized carbons (Fsp3) is 0.526. The maximum Gasteiger partial charge on any atom is 0.405 e. The van der Waals surface area contributed by atoms with E-state index < -0.39 is 33.9 Å². The third-order valence-corrected chi connectivity index (χ3v) is 9.98. The Labute approximate surface area is 203 Å². The summed E-state index contributed by atoms with van der Waals surface area (Å²) in [5, 5.41) is 2.70. The molecule has 0 radical (unpaired) electrons. The van der Waals surface area contributed by atoms with Crippen LogP contribution < -0.4 is 10.1 Å². The van der Waals surface area contributed by atoms with E-state index in [1.165, 1.54) is 33.0 Å². The van der Waals surface area contributed by atoms with E-state index in [0.717, 1.165) is 6.26 Å². The Morgan fingerprint density at radius 3 is 2.36 bits per heavy atom. The lowest BCUT2D eigenvalue weighted by Crippen LogP contribution is -2.18. The Bertz CT molecular complexity index is 1160. The van der Waals surface area contributed by atoms with E-state index in [9.17, 15) is 17.8 Å². The van der Waals surface area contributed by atoms with Crippen LogP contribution in [0.25, 0.3) is 10.1 Å². The summed E-state index contributed by atoms with van der Waals surface area (Å²) in [7, 11) is -6.65. The second kappa shape index (κ2) is 11.1. The predicted octanol–water partition coefficient (Wildman–Crippen LogP) is 5.15. The molecule has 2 rings (SSSR count). The van der Waals surface area contributed by atoms with Gasteiger partial charge in [-0.2, -0.15) is 8.78 Å². The number of sulfone groups is 1. The highest BCUT2D eigenvalue weighted by Crippen LogP contribution is 2.69. The molecule has 0 saturated carbocycles. The Balaban J connectivity index is 2.62. The van der Waals surface area contributed by atoms with Crippen molar-refractivity contribution >= 4 is 60.7 Å². The van der Waals surface area contributed by atoms with E-state index in [1.807, 2.05) is 0 Å². The maximum absolute atomic E-state index is 15.5. The van der Waals surface area contributed by atoms with Crippen molar-refractivity contribution in [3.8, 4) is 5.75 Å². The van der Waals surface area contributed by atoms with E-state index in [-0.39, 0.29) is 57.9 Å². The molecule has 14 heteroatoms. The molecule has 1 amide bonds. The first-order valence-electron chi connectivity index (χ1n) is 9.87. The number of ether oxygens (including phenoxy) is 1. The van der Waals surface area contributed by atoms with Gasteiger partial charge in [-0.25, -0.2) is 8.42 Å². The number of benzene rings is 1. The summed E-state index contributed by atoms with van der Waals surface area (Å²) in [6, 6.07) is 2.79. The molecular weight excluding hydrogens is 567 g/mol. The monoisotopic (exact) mass is 591 g/mol. The molecule has 0 aliphatic heterocycles. The molecular formula is C19H25BrF2NO7PS2. The minimum absolute atomic E-state index is 0.0169. The van der Waals surface area contributed by atoms with Gasteiger partial charge in [-0.05, 0) is 48.3 Å². The van der Waals surface area contributed by atoms with Crippen LogP contribution in [-0.4, -0.2) is 53.2 Å². The fourth-order valence-electron chi connectivity index (χ4n) is 2.88. The molecule has 0 saturated heterocycles. The largest absolute Gasteiger partial charge is 0.492 e. The first-order chi connectivity index (χ1) is 15.3. The van der Waals surface area contributed by atoms with Gasteiger partial charge in [-0.3, -0.25) is 9.36 Å². The van der Waals surface area contributed by atoms with Gasteiger partial charge in [0, 0.05) is 28.7 Å². The second-order valence-corrected chi connectivity index (χ2v) is 13.0. The van der Waals surface area contributed by atoms with Gasteiger partial charge >= 0.3 is 13.3 Å². The van der Waals surface area contributed by atoms with Crippen LogP contribution in [0, 0.1) is 0 Å². The van der Waals surface area contributed by atoms with E-state index in [2.05, 4.69) is 21.2 Å². The fourth-order valence-corrected chi connectivity index (χ4v) is 7.54. The van der Waals surface area contributed by atoms with Crippen molar-refractivity contribution in [1.82, 2.24) is 5.32 Å². The number of carbonyl (C=O) groups excluding carboxylic acids is 1. The molecule has 0 aliphatic rings. The van der Waals surface area contributed by atoms with Crippen LogP contribution >= 0.6 is 34.9 Å². The molecule has 0 atom stereocenters. The van der Waals surface area contributed by atoms with Crippen LogP contribution in [-0.2, 0) is 29.1 Å². The minimum atomic E-state index is -4.86. The molecule has 1 aromatic heterocycles. The average Bonchev–Trinajstić information content (AvgIpc) is 3.07. The minimum Gasteiger partial charge on any atom is -0.492 e. The third-order valence-electron chi connectivity index (χ3n) is 4.32. The van der Waals surface area contributed by atoms with Gasteiger partial charge in [0.15, 0.2) is 0 Å². The van der Waals surface area contributed by atoms with Crippen LogP contribution in [0.3, 0.4) is 0 Å². The lowest BCUT2D eigenvalue weighted by atomic mass is 10.1. The van der Waals surface area contributed by atoms with Crippen LogP contribution in [0.1, 0.15) is 35.5 Å². The highest BCUT2D eigenvalue weighted by molar-refractivity contribution is 9.10. The smallest absolute Gasteiger partial charge is 0.405 e. The first-order valence-corrected chi connectivity index (χ1v) is 15.1. The summed E-state index contributed by atoms with van der Waals surface area (Å²) in [6.45, 7) is 2.35. The number of fused-ring (bicyclic) bond motifs is 1. The summed E-state index contributed by atoms with van der Waals surface area (Å²) in [4.78, 5) is 11.6. The average molecular weight is 592 g/mol. The summed E-state index contributed by atoms with van der Waals surface area (Å²) >= 11 is 3.78. The molecule has 0 fully saturated rings. The van der Waals surface area contributed by atoms with Crippen molar-refractivity contribution in [2.24, 2.45) is 0 Å². The van der Waals surface area contributed by atoms with E-state index >= 15 is 8.78 Å². The maximum atomic E-state index is 15.5. The van der Waals surface area contributed by atoms with E-state index in [4.69, 9.17) is 13.8 Å². The number of carbonyl (C=O) groups is 1. The van der Waals surface area contributed by atoms with Gasteiger partial charge in [0.2, 0.25) is 0 Å². The molecule has 0 aliphatic carbocycles. The highest BCUT2D eigenvalue weighted by Gasteiger charge is 2.57. The second-order valence-electron chi connectivity index (χ2n) is 6.88. The molecule has 1 heterocycles. The highest BCUT2D eigenvalue weighted by atomic mass is 79.9.